The van der Waals surface area contributed by atoms with Gasteiger partial charge in [0.2, 0.25) is 0 Å². The van der Waals surface area contributed by atoms with Gasteiger partial charge < -0.3 is 24.2 Å². The number of ether oxygens (including phenoxy) is 1. The molecule has 0 fully saturated rings. The second-order valence-electron chi connectivity index (χ2n) is 2.58. The second kappa shape index (κ2) is 4.90. The van der Waals surface area contributed by atoms with Crippen LogP contribution in [-0.4, -0.2) is 40.3 Å². The van der Waals surface area contributed by atoms with Gasteiger partial charge in [-0.25, -0.2) is 0 Å². The minimum absolute atomic E-state index is 0.257. The predicted molar refractivity (Wildman–Crippen MR) is 43.9 cm³/mol. The molecule has 0 aromatic carbocycles. The molecule has 0 bridgehead atoms. The molecule has 2 unspecified atom stereocenters. The van der Waals surface area contributed by atoms with E-state index < -0.39 is 20.8 Å². The van der Waals surface area contributed by atoms with Crippen molar-refractivity contribution in [3.63, 3.8) is 0 Å². The number of hydrogen-bond acceptors (Lipinski definition) is 5. The molecule has 0 spiro atoms. The van der Waals surface area contributed by atoms with E-state index in [1.165, 1.54) is 0 Å². The lowest BCUT2D eigenvalue weighted by molar-refractivity contribution is -0.130. The van der Waals surface area contributed by atoms with E-state index in [1.54, 1.807) is 13.8 Å². The van der Waals surface area contributed by atoms with Crippen LogP contribution in [0.25, 0.3) is 0 Å². The Bertz CT molecular complexity index is 124. The van der Waals surface area contributed by atoms with E-state index in [1.807, 2.05) is 0 Å². The van der Waals surface area contributed by atoms with E-state index in [0.717, 1.165) is 0 Å². The van der Waals surface area contributed by atoms with Gasteiger partial charge in [0.25, 0.3) is 0 Å². The van der Waals surface area contributed by atoms with Crippen LogP contribution in [0.5, 0.6) is 0 Å². The van der Waals surface area contributed by atoms with Crippen LogP contribution in [0, 0.1) is 0 Å². The Morgan fingerprint density at radius 3 is 1.92 bits per heavy atom. The van der Waals surface area contributed by atoms with E-state index >= 15 is 0 Å². The summed E-state index contributed by atoms with van der Waals surface area (Å²) < 4.78 is 4.78. The molecule has 0 saturated heterocycles. The Labute approximate surface area is 72.6 Å². The highest BCUT2D eigenvalue weighted by Crippen LogP contribution is 2.10. The Hall–Kier alpha value is 0.0169. The highest BCUT2D eigenvalue weighted by Gasteiger charge is 2.40. The second-order valence-corrected chi connectivity index (χ2v) is 4.60. The van der Waals surface area contributed by atoms with Crippen molar-refractivity contribution in [1.29, 1.82) is 0 Å². The van der Waals surface area contributed by atoms with Crippen molar-refractivity contribution in [2.75, 3.05) is 0 Å². The van der Waals surface area contributed by atoms with Crippen LogP contribution in [0.2, 0.25) is 0 Å². The maximum atomic E-state index is 8.99. The lowest BCUT2D eigenvalue weighted by Gasteiger charge is -2.23. The van der Waals surface area contributed by atoms with Crippen molar-refractivity contribution in [3.05, 3.63) is 0 Å². The van der Waals surface area contributed by atoms with Gasteiger partial charge >= 0.3 is 8.80 Å². The summed E-state index contributed by atoms with van der Waals surface area (Å²) in [4.78, 5) is 26.5. The summed E-state index contributed by atoms with van der Waals surface area (Å²) in [7, 11) is -4.25. The van der Waals surface area contributed by atoms with E-state index in [4.69, 9.17) is 24.2 Å². The summed E-state index contributed by atoms with van der Waals surface area (Å²) in [6.45, 7) is 3.32. The Morgan fingerprint density at radius 1 is 1.17 bits per heavy atom. The fraction of sp³-hybridized carbons (Fsp3) is 1.00. The number of aliphatic hydroxyl groups excluding tert-OH is 1. The Morgan fingerprint density at radius 2 is 1.67 bits per heavy atom. The third kappa shape index (κ3) is 4.15. The van der Waals surface area contributed by atoms with Gasteiger partial charge in [-0.05, 0) is 12.8 Å². The topological polar surface area (TPSA) is 90.2 Å². The first-order valence-electron chi connectivity index (χ1n) is 3.92. The van der Waals surface area contributed by atoms with E-state index in [0.29, 0.717) is 6.42 Å². The molecular formula is C6H16O5Si. The zero-order valence-electron chi connectivity index (χ0n) is 7.27. The molecule has 0 amide bonds. The van der Waals surface area contributed by atoms with Gasteiger partial charge in [0.05, 0.1) is 0 Å². The fourth-order valence-electron chi connectivity index (χ4n) is 0.747. The third-order valence-corrected chi connectivity index (χ3v) is 2.88. The minimum Gasteiger partial charge on any atom is -0.388 e. The lowest BCUT2D eigenvalue weighted by atomic mass is 10.4. The molecule has 74 valence electrons. The van der Waals surface area contributed by atoms with Gasteiger partial charge in [0.15, 0.2) is 6.29 Å². The van der Waals surface area contributed by atoms with Crippen molar-refractivity contribution in [3.8, 4) is 0 Å². The molecule has 4 N–H and O–H groups in total. The molecule has 0 aliphatic rings. The summed E-state index contributed by atoms with van der Waals surface area (Å²) in [5, 5.41) is 8.99. The maximum absolute atomic E-state index is 8.99. The van der Waals surface area contributed by atoms with E-state index in [2.05, 4.69) is 0 Å². The summed E-state index contributed by atoms with van der Waals surface area (Å²) >= 11 is 0. The average Bonchev–Trinajstić information content (AvgIpc) is 1.97. The standard InChI is InChI=1S/C6H16O5Si/c1-3-5(7)11-6(4-2)12(8,9)10/h5-10H,3-4H2,1-2H3. The Balaban J connectivity index is 4.00. The normalized spacial score (nSPS) is 17.5. The first-order chi connectivity index (χ1) is 5.41. The zero-order chi connectivity index (χ0) is 9.78. The lowest BCUT2D eigenvalue weighted by Crippen LogP contribution is -2.51. The van der Waals surface area contributed by atoms with Crippen LogP contribution in [-0.2, 0) is 4.74 Å². The third-order valence-electron chi connectivity index (χ3n) is 1.47. The molecule has 2 atom stereocenters. The van der Waals surface area contributed by atoms with Crippen molar-refractivity contribution in [2.24, 2.45) is 0 Å². The molecule has 0 saturated carbocycles. The number of rotatable bonds is 5. The van der Waals surface area contributed by atoms with Gasteiger partial charge in [-0.2, -0.15) is 0 Å². The largest absolute Gasteiger partial charge is 0.523 e. The quantitative estimate of drug-likeness (QED) is 0.333. The molecule has 6 heteroatoms. The molecule has 0 aliphatic carbocycles. The molecule has 0 radical (unpaired) electrons. The number of aliphatic hydroxyl groups is 1. The molecule has 0 rings (SSSR count). The molecule has 0 aliphatic heterocycles. The predicted octanol–water partition coefficient (Wildman–Crippen LogP) is -1.03. The summed E-state index contributed by atoms with van der Waals surface area (Å²) in [5.74, 6) is 0. The molecular weight excluding hydrogens is 180 g/mol. The Kier molecular flexibility index (Phi) is 4.91. The first-order valence-corrected chi connectivity index (χ1v) is 5.84. The zero-order valence-corrected chi connectivity index (χ0v) is 8.27. The van der Waals surface area contributed by atoms with Gasteiger partial charge in [-0.3, -0.25) is 0 Å². The van der Waals surface area contributed by atoms with Crippen molar-refractivity contribution in [2.45, 2.75) is 38.7 Å². The van der Waals surface area contributed by atoms with Gasteiger partial charge in [0, 0.05) is 0 Å². The minimum atomic E-state index is -4.25. The van der Waals surface area contributed by atoms with Crippen LogP contribution < -0.4 is 0 Å². The SMILES string of the molecule is CCC(O)OC(CC)[Si](O)(O)O. The highest BCUT2D eigenvalue weighted by atomic mass is 28.4. The fourth-order valence-corrected chi connectivity index (χ4v) is 1.63. The molecule has 0 aromatic heterocycles. The van der Waals surface area contributed by atoms with Crippen molar-refractivity contribution in [1.82, 2.24) is 0 Å². The van der Waals surface area contributed by atoms with Gasteiger partial charge in [0.1, 0.15) is 5.73 Å². The van der Waals surface area contributed by atoms with Gasteiger partial charge in [-0.1, -0.05) is 13.8 Å². The molecule has 5 nitrogen and oxygen atoms in total. The molecule has 0 aromatic rings. The van der Waals surface area contributed by atoms with Crippen LogP contribution in [0.15, 0.2) is 0 Å². The number of hydrogen-bond donors (Lipinski definition) is 4. The average molecular weight is 196 g/mol. The smallest absolute Gasteiger partial charge is 0.388 e. The molecule has 12 heavy (non-hydrogen) atoms. The van der Waals surface area contributed by atoms with Crippen LogP contribution in [0.1, 0.15) is 26.7 Å². The first kappa shape index (κ1) is 12.0. The van der Waals surface area contributed by atoms with Crippen LogP contribution in [0.4, 0.5) is 0 Å². The summed E-state index contributed by atoms with van der Waals surface area (Å²) in [5.41, 5.74) is -1.05. The highest BCUT2D eigenvalue weighted by molar-refractivity contribution is 6.57. The van der Waals surface area contributed by atoms with Crippen molar-refractivity contribution >= 4 is 8.80 Å². The summed E-state index contributed by atoms with van der Waals surface area (Å²) in [6.07, 6.45) is -0.443. The van der Waals surface area contributed by atoms with Crippen LogP contribution >= 0.6 is 0 Å². The molecule has 0 heterocycles. The summed E-state index contributed by atoms with van der Waals surface area (Å²) in [6, 6.07) is 0. The van der Waals surface area contributed by atoms with Crippen molar-refractivity contribution < 1.29 is 24.2 Å². The van der Waals surface area contributed by atoms with E-state index in [9.17, 15) is 0 Å². The van der Waals surface area contributed by atoms with Gasteiger partial charge in [-0.15, -0.1) is 0 Å². The van der Waals surface area contributed by atoms with Crippen LogP contribution in [0.3, 0.4) is 0 Å². The maximum Gasteiger partial charge on any atom is 0.523 e. The monoisotopic (exact) mass is 196 g/mol. The van der Waals surface area contributed by atoms with E-state index in [-0.39, 0.29) is 6.42 Å².